The maximum absolute atomic E-state index is 13.7. The first-order valence-electron chi connectivity index (χ1n) is 13.0. The molecule has 10 atom stereocenters. The van der Waals surface area contributed by atoms with Crippen molar-refractivity contribution in [1.29, 1.82) is 0 Å². The lowest BCUT2D eigenvalue weighted by Crippen LogP contribution is -2.75. The van der Waals surface area contributed by atoms with Crippen molar-refractivity contribution in [3.63, 3.8) is 0 Å². The summed E-state index contributed by atoms with van der Waals surface area (Å²) in [4.78, 5) is 65.6. The fourth-order valence-electron chi connectivity index (χ4n) is 9.25. The minimum atomic E-state index is -1.53. The lowest BCUT2D eigenvalue weighted by Gasteiger charge is -2.65. The number of carbonyl (C=O) groups is 5. The average Bonchev–Trinajstić information content (AvgIpc) is 3.44. The van der Waals surface area contributed by atoms with Gasteiger partial charge in [-0.1, -0.05) is 13.8 Å². The topological polar surface area (TPSA) is 155 Å². The molecule has 6 rings (SSSR count). The molecular formula is C27H32O11. The Hall–Kier alpha value is -2.79. The summed E-state index contributed by atoms with van der Waals surface area (Å²) in [5.41, 5.74) is -6.10. The van der Waals surface area contributed by atoms with Crippen LogP contribution in [0.4, 0.5) is 0 Å². The van der Waals surface area contributed by atoms with E-state index in [0.29, 0.717) is 12.8 Å². The number of epoxide rings is 1. The molecule has 11 heteroatoms. The largest absolute Gasteiger partial charge is 0.462 e. The zero-order valence-corrected chi connectivity index (χ0v) is 22.2. The maximum atomic E-state index is 13.7. The van der Waals surface area contributed by atoms with Crippen LogP contribution in [0.15, 0.2) is 11.6 Å². The molecule has 0 unspecified atom stereocenters. The number of aliphatic hydroxyl groups is 1. The summed E-state index contributed by atoms with van der Waals surface area (Å²) in [6.07, 6.45) is -2.50. The second kappa shape index (κ2) is 7.24. The molecule has 1 spiro atoms. The normalized spacial score (nSPS) is 49.8. The van der Waals surface area contributed by atoms with E-state index in [1.165, 1.54) is 19.9 Å². The van der Waals surface area contributed by atoms with E-state index in [-0.39, 0.29) is 17.8 Å². The number of esters is 4. The van der Waals surface area contributed by atoms with Gasteiger partial charge in [0.2, 0.25) is 6.29 Å². The molecule has 4 heterocycles. The number of carbonyl (C=O) groups excluding carboxylic acids is 5. The van der Waals surface area contributed by atoms with Crippen molar-refractivity contribution in [1.82, 2.24) is 0 Å². The van der Waals surface area contributed by atoms with Gasteiger partial charge in [0.15, 0.2) is 6.10 Å². The van der Waals surface area contributed by atoms with E-state index in [4.69, 9.17) is 23.7 Å². The van der Waals surface area contributed by atoms with Crippen molar-refractivity contribution < 1.29 is 52.8 Å². The van der Waals surface area contributed by atoms with Gasteiger partial charge in [-0.15, -0.1) is 0 Å². The van der Waals surface area contributed by atoms with E-state index < -0.39 is 87.8 Å². The second-order valence-corrected chi connectivity index (χ2v) is 12.6. The first kappa shape index (κ1) is 25.5. The molecule has 5 fully saturated rings. The molecule has 2 saturated carbocycles. The Labute approximate surface area is 219 Å². The molecule has 206 valence electrons. The fraction of sp³-hybridized carbons (Fsp3) is 0.741. The lowest BCUT2D eigenvalue weighted by atomic mass is 9.37. The van der Waals surface area contributed by atoms with Crippen LogP contribution >= 0.6 is 0 Å². The van der Waals surface area contributed by atoms with Crippen molar-refractivity contribution >= 4 is 29.7 Å². The molecule has 38 heavy (non-hydrogen) atoms. The van der Waals surface area contributed by atoms with E-state index in [2.05, 4.69) is 0 Å². The van der Waals surface area contributed by atoms with Gasteiger partial charge in [0, 0.05) is 23.7 Å². The molecule has 0 bridgehead atoms. The zero-order chi connectivity index (χ0) is 27.8. The van der Waals surface area contributed by atoms with Crippen molar-refractivity contribution in [2.45, 2.75) is 96.6 Å². The SMILES string of the molecule is CC(=O)O[C@@H]1C[C@H]2C(C)(C)OC(=O)[C@@]2(C(C)=O)[C@H]2CC[C@@]3(C)[C@H](C4=C[C@@H](O)OC4=O)OC(=O)[C@H]4O[C@]43[C@@]21C. The maximum Gasteiger partial charge on any atom is 0.340 e. The number of Topliss-reactive ketones (excluding diaryl/α,β-unsaturated/α-hetero) is 1. The van der Waals surface area contributed by atoms with E-state index in [1.807, 2.05) is 13.8 Å². The Balaban J connectivity index is 1.58. The highest BCUT2D eigenvalue weighted by Gasteiger charge is 2.91. The molecule has 1 N–H and O–H groups in total. The molecule has 0 radical (unpaired) electrons. The van der Waals surface area contributed by atoms with Crippen molar-refractivity contribution in [2.24, 2.45) is 28.1 Å². The van der Waals surface area contributed by atoms with E-state index in [1.54, 1.807) is 13.8 Å². The van der Waals surface area contributed by atoms with Gasteiger partial charge in [-0.3, -0.25) is 14.4 Å². The van der Waals surface area contributed by atoms with Gasteiger partial charge in [0.1, 0.15) is 34.6 Å². The number of hydrogen-bond donors (Lipinski definition) is 1. The summed E-state index contributed by atoms with van der Waals surface area (Å²) < 4.78 is 28.7. The number of ketones is 1. The molecule has 0 aromatic carbocycles. The van der Waals surface area contributed by atoms with Crippen LogP contribution in [0.25, 0.3) is 0 Å². The average molecular weight is 533 g/mol. The summed E-state index contributed by atoms with van der Waals surface area (Å²) in [6.45, 7) is 9.83. The minimum Gasteiger partial charge on any atom is -0.462 e. The van der Waals surface area contributed by atoms with E-state index >= 15 is 0 Å². The third-order valence-electron chi connectivity index (χ3n) is 10.7. The van der Waals surface area contributed by atoms with Crippen LogP contribution in [-0.2, 0) is 47.7 Å². The van der Waals surface area contributed by atoms with Crippen LogP contribution in [0.3, 0.4) is 0 Å². The highest BCUT2D eigenvalue weighted by atomic mass is 16.7. The number of rotatable bonds is 3. The van der Waals surface area contributed by atoms with E-state index in [0.717, 1.165) is 0 Å². The number of fused-ring (bicyclic) bond motifs is 3. The standard InChI is InChI=1S/C27H32O11/c1-11(28)26-14-7-8-24(5)18(13-9-17(30)35-20(13)31)36-21(32)19-27(24,37-19)25(14,6)16(34-12(2)29)10-15(26)23(3,4)38-22(26)33/h9,14-19,30H,7-8,10H2,1-6H3/t14-,15-,16+,17-,18-,19+,24-,25-,26-,27+/m0/s1. The smallest absolute Gasteiger partial charge is 0.340 e. The predicted molar refractivity (Wildman–Crippen MR) is 124 cm³/mol. The van der Waals surface area contributed by atoms with E-state index in [9.17, 15) is 29.1 Å². The van der Waals surface area contributed by atoms with Gasteiger partial charge in [0.05, 0.1) is 5.57 Å². The molecule has 3 saturated heterocycles. The van der Waals surface area contributed by atoms with Crippen LogP contribution in [-0.4, -0.2) is 70.6 Å². The van der Waals surface area contributed by atoms with Gasteiger partial charge >= 0.3 is 23.9 Å². The molecule has 6 aliphatic rings. The molecule has 0 aromatic rings. The first-order valence-corrected chi connectivity index (χ1v) is 13.0. The predicted octanol–water partition coefficient (Wildman–Crippen LogP) is 1.14. The third-order valence-corrected chi connectivity index (χ3v) is 10.7. The monoisotopic (exact) mass is 532 g/mol. The van der Waals surface area contributed by atoms with Gasteiger partial charge in [-0.2, -0.15) is 0 Å². The number of cyclic esters (lactones) is 3. The van der Waals surface area contributed by atoms with Gasteiger partial charge in [-0.25, -0.2) is 9.59 Å². The first-order chi connectivity index (χ1) is 17.6. The Bertz CT molecular complexity index is 1240. The Morgan fingerprint density at radius 3 is 2.29 bits per heavy atom. The van der Waals surface area contributed by atoms with Crippen LogP contribution in [0, 0.1) is 28.1 Å². The van der Waals surface area contributed by atoms with Crippen molar-refractivity contribution in [3.05, 3.63) is 11.6 Å². The van der Waals surface area contributed by atoms with Crippen LogP contribution in [0.1, 0.15) is 60.8 Å². The summed E-state index contributed by atoms with van der Waals surface area (Å²) in [7, 11) is 0. The molecule has 11 nitrogen and oxygen atoms in total. The van der Waals surface area contributed by atoms with Crippen molar-refractivity contribution in [3.8, 4) is 0 Å². The van der Waals surface area contributed by atoms with Crippen LogP contribution < -0.4 is 0 Å². The quantitative estimate of drug-likeness (QED) is 0.241. The third kappa shape index (κ3) is 2.60. The van der Waals surface area contributed by atoms with Gasteiger partial charge < -0.3 is 28.8 Å². The van der Waals surface area contributed by atoms with Crippen molar-refractivity contribution in [2.75, 3.05) is 0 Å². The summed E-state index contributed by atoms with van der Waals surface area (Å²) in [5.74, 6) is -4.28. The highest BCUT2D eigenvalue weighted by Crippen LogP contribution is 2.79. The van der Waals surface area contributed by atoms with Gasteiger partial charge in [0.25, 0.3) is 0 Å². The highest BCUT2D eigenvalue weighted by molar-refractivity contribution is 6.05. The Morgan fingerprint density at radius 1 is 1.03 bits per heavy atom. The Kier molecular flexibility index (Phi) is 4.85. The van der Waals surface area contributed by atoms with Gasteiger partial charge in [-0.05, 0) is 52.0 Å². The summed E-state index contributed by atoms with van der Waals surface area (Å²) in [6, 6.07) is 0. The Morgan fingerprint density at radius 2 is 1.71 bits per heavy atom. The number of ether oxygens (including phenoxy) is 5. The minimum absolute atomic E-state index is 0.00383. The van der Waals surface area contributed by atoms with Crippen LogP contribution in [0.5, 0.6) is 0 Å². The fourth-order valence-corrected chi connectivity index (χ4v) is 9.25. The summed E-state index contributed by atoms with van der Waals surface area (Å²) >= 11 is 0. The number of aliphatic hydroxyl groups excluding tert-OH is 1. The lowest BCUT2D eigenvalue weighted by molar-refractivity contribution is -0.241. The molecule has 4 aliphatic heterocycles. The molecule has 0 amide bonds. The number of hydrogen-bond acceptors (Lipinski definition) is 11. The van der Waals surface area contributed by atoms with Crippen LogP contribution in [0.2, 0.25) is 0 Å². The second-order valence-electron chi connectivity index (χ2n) is 12.6. The zero-order valence-electron chi connectivity index (χ0n) is 22.2. The summed E-state index contributed by atoms with van der Waals surface area (Å²) in [5, 5.41) is 9.94. The molecule has 2 aliphatic carbocycles. The molecular weight excluding hydrogens is 500 g/mol. The molecule has 0 aromatic heterocycles.